The van der Waals surface area contributed by atoms with E-state index in [1.54, 1.807) is 18.2 Å². The van der Waals surface area contributed by atoms with Crippen LogP contribution in [0, 0.1) is 10.1 Å². The first-order valence-electron chi connectivity index (χ1n) is 10.9. The third-order valence-electron chi connectivity index (χ3n) is 5.99. The molecule has 184 valence electrons. The summed E-state index contributed by atoms with van der Waals surface area (Å²) in [6.07, 6.45) is 0. The molecule has 0 saturated heterocycles. The Labute approximate surface area is 204 Å². The van der Waals surface area contributed by atoms with E-state index in [4.69, 9.17) is 4.74 Å². The number of amides is 3. The zero-order valence-corrected chi connectivity index (χ0v) is 19.1. The fourth-order valence-corrected chi connectivity index (χ4v) is 4.23. The highest BCUT2D eigenvalue weighted by Crippen LogP contribution is 2.26. The SMILES string of the molecule is COCC(C(=O)O)N(CCN1C(=O)c2ccccc2C1=O)C(=O)c1cccc2cc([N+](=O)[O-])ccc12. The number of nitro groups is 1. The first kappa shape index (κ1) is 24.5. The van der Waals surface area contributed by atoms with Crippen molar-refractivity contribution in [2.75, 3.05) is 26.8 Å². The van der Waals surface area contributed by atoms with Crippen LogP contribution in [-0.2, 0) is 9.53 Å². The number of carbonyl (C=O) groups excluding carboxylic acids is 3. The summed E-state index contributed by atoms with van der Waals surface area (Å²) in [4.78, 5) is 63.8. The maximum atomic E-state index is 13.7. The van der Waals surface area contributed by atoms with Crippen LogP contribution in [0.1, 0.15) is 31.1 Å². The van der Waals surface area contributed by atoms with E-state index in [-0.39, 0.29) is 42.1 Å². The molecule has 0 spiro atoms. The molecule has 0 bridgehead atoms. The highest BCUT2D eigenvalue weighted by Gasteiger charge is 2.37. The number of non-ortho nitro benzene ring substituents is 1. The van der Waals surface area contributed by atoms with Gasteiger partial charge in [-0.2, -0.15) is 0 Å². The molecule has 1 atom stereocenters. The molecule has 36 heavy (non-hydrogen) atoms. The van der Waals surface area contributed by atoms with E-state index in [1.165, 1.54) is 49.6 Å². The lowest BCUT2D eigenvalue weighted by Crippen LogP contribution is -2.51. The van der Waals surface area contributed by atoms with Crippen molar-refractivity contribution in [3.8, 4) is 0 Å². The van der Waals surface area contributed by atoms with Gasteiger partial charge in [0.25, 0.3) is 23.4 Å². The number of methoxy groups -OCH3 is 1. The van der Waals surface area contributed by atoms with Gasteiger partial charge in [0.2, 0.25) is 0 Å². The lowest BCUT2D eigenvalue weighted by atomic mass is 10.0. The van der Waals surface area contributed by atoms with E-state index < -0.39 is 34.7 Å². The molecule has 11 nitrogen and oxygen atoms in total. The molecular weight excluding hydrogens is 470 g/mol. The summed E-state index contributed by atoms with van der Waals surface area (Å²) in [7, 11) is 1.29. The summed E-state index contributed by atoms with van der Waals surface area (Å²) in [5.41, 5.74) is 0.440. The van der Waals surface area contributed by atoms with Crippen molar-refractivity contribution in [3.63, 3.8) is 0 Å². The Balaban J connectivity index is 1.68. The van der Waals surface area contributed by atoms with Crippen molar-refractivity contribution >= 4 is 40.2 Å². The Kier molecular flexibility index (Phi) is 6.75. The number of rotatable bonds is 9. The van der Waals surface area contributed by atoms with Crippen molar-refractivity contribution in [2.24, 2.45) is 0 Å². The molecule has 1 unspecified atom stereocenters. The van der Waals surface area contributed by atoms with Crippen LogP contribution in [0.5, 0.6) is 0 Å². The van der Waals surface area contributed by atoms with Crippen molar-refractivity contribution in [1.82, 2.24) is 9.80 Å². The molecule has 0 aliphatic carbocycles. The molecule has 11 heteroatoms. The summed E-state index contributed by atoms with van der Waals surface area (Å²) >= 11 is 0. The number of benzene rings is 3. The summed E-state index contributed by atoms with van der Waals surface area (Å²) in [5, 5.41) is 21.8. The molecule has 4 rings (SSSR count). The van der Waals surface area contributed by atoms with E-state index in [9.17, 15) is 34.4 Å². The number of carboxylic acids is 1. The topological polar surface area (TPSA) is 147 Å². The zero-order valence-electron chi connectivity index (χ0n) is 19.1. The molecule has 1 aliphatic rings. The molecule has 1 aliphatic heterocycles. The van der Waals surface area contributed by atoms with Gasteiger partial charge in [-0.25, -0.2) is 4.79 Å². The zero-order chi connectivity index (χ0) is 26.0. The second-order valence-electron chi connectivity index (χ2n) is 8.08. The molecule has 0 saturated carbocycles. The predicted molar refractivity (Wildman–Crippen MR) is 127 cm³/mol. The van der Waals surface area contributed by atoms with Gasteiger partial charge in [0.1, 0.15) is 0 Å². The highest BCUT2D eigenvalue weighted by atomic mass is 16.6. The van der Waals surface area contributed by atoms with Crippen LogP contribution in [0.25, 0.3) is 10.8 Å². The highest BCUT2D eigenvalue weighted by molar-refractivity contribution is 6.21. The third-order valence-corrected chi connectivity index (χ3v) is 5.99. The molecule has 1 heterocycles. The number of hydrogen-bond donors (Lipinski definition) is 1. The fraction of sp³-hybridized carbons (Fsp3) is 0.200. The first-order valence-corrected chi connectivity index (χ1v) is 10.9. The number of ether oxygens (including phenoxy) is 1. The smallest absolute Gasteiger partial charge is 0.328 e. The minimum absolute atomic E-state index is 0.118. The molecule has 3 aromatic rings. The Morgan fingerprint density at radius 1 is 1.06 bits per heavy atom. The number of nitrogens with zero attached hydrogens (tertiary/aromatic N) is 3. The minimum Gasteiger partial charge on any atom is -0.480 e. The lowest BCUT2D eigenvalue weighted by molar-refractivity contribution is -0.384. The van der Waals surface area contributed by atoms with E-state index in [1.807, 2.05) is 0 Å². The van der Waals surface area contributed by atoms with Crippen LogP contribution < -0.4 is 0 Å². The maximum absolute atomic E-state index is 13.7. The van der Waals surface area contributed by atoms with Gasteiger partial charge in [-0.3, -0.25) is 29.4 Å². The average Bonchev–Trinajstić information content (AvgIpc) is 3.11. The number of carbonyl (C=O) groups is 4. The monoisotopic (exact) mass is 491 g/mol. The van der Waals surface area contributed by atoms with Crippen LogP contribution in [0.4, 0.5) is 5.69 Å². The largest absolute Gasteiger partial charge is 0.480 e. The van der Waals surface area contributed by atoms with Gasteiger partial charge in [0.15, 0.2) is 6.04 Å². The maximum Gasteiger partial charge on any atom is 0.328 e. The second-order valence-corrected chi connectivity index (χ2v) is 8.08. The predicted octanol–water partition coefficient (Wildman–Crippen LogP) is 2.59. The molecule has 0 aromatic heterocycles. The standard InChI is InChI=1S/C25H21N3O8/c1-36-14-21(25(32)33)26(11-12-27-23(30)19-6-2-3-7-20(19)24(27)31)22(29)18-8-4-5-15-13-16(28(34)35)9-10-17(15)18/h2-10,13,21H,11-12,14H2,1H3,(H,32,33). The molecule has 0 radical (unpaired) electrons. The van der Waals surface area contributed by atoms with Gasteiger partial charge in [0, 0.05) is 37.9 Å². The van der Waals surface area contributed by atoms with Crippen molar-refractivity contribution in [2.45, 2.75) is 6.04 Å². The van der Waals surface area contributed by atoms with Crippen LogP contribution in [0.3, 0.4) is 0 Å². The van der Waals surface area contributed by atoms with E-state index in [2.05, 4.69) is 0 Å². The molecule has 0 fully saturated rings. The fourth-order valence-electron chi connectivity index (χ4n) is 4.23. The number of imide groups is 1. The number of hydrogen-bond acceptors (Lipinski definition) is 7. The van der Waals surface area contributed by atoms with Gasteiger partial charge in [-0.15, -0.1) is 0 Å². The van der Waals surface area contributed by atoms with Crippen molar-refractivity contribution < 1.29 is 33.9 Å². The molecule has 3 amide bonds. The summed E-state index contributed by atoms with van der Waals surface area (Å²) < 4.78 is 5.03. The number of nitro benzene ring substituents is 1. The normalized spacial score (nSPS) is 13.5. The number of aliphatic carboxylic acids is 1. The van der Waals surface area contributed by atoms with Gasteiger partial charge < -0.3 is 14.7 Å². The van der Waals surface area contributed by atoms with E-state index in [0.29, 0.717) is 10.8 Å². The van der Waals surface area contributed by atoms with Crippen molar-refractivity contribution in [1.29, 1.82) is 0 Å². The van der Waals surface area contributed by atoms with Crippen LogP contribution in [0.15, 0.2) is 60.7 Å². The lowest BCUT2D eigenvalue weighted by Gasteiger charge is -2.30. The van der Waals surface area contributed by atoms with Crippen LogP contribution >= 0.6 is 0 Å². The van der Waals surface area contributed by atoms with Gasteiger partial charge in [-0.05, 0) is 35.0 Å². The summed E-state index contributed by atoms with van der Waals surface area (Å²) in [5.74, 6) is -3.07. The Morgan fingerprint density at radius 3 is 2.31 bits per heavy atom. The van der Waals surface area contributed by atoms with E-state index in [0.717, 1.165) is 9.80 Å². The third kappa shape index (κ3) is 4.39. The Morgan fingerprint density at radius 2 is 1.72 bits per heavy atom. The minimum atomic E-state index is -1.41. The van der Waals surface area contributed by atoms with Gasteiger partial charge in [-0.1, -0.05) is 24.3 Å². The number of carboxylic acid groups (broad SMARTS) is 1. The van der Waals surface area contributed by atoms with Gasteiger partial charge >= 0.3 is 5.97 Å². The summed E-state index contributed by atoms with van der Waals surface area (Å²) in [6.45, 7) is -0.838. The Bertz CT molecular complexity index is 1370. The van der Waals surface area contributed by atoms with Crippen LogP contribution in [0.2, 0.25) is 0 Å². The quantitative estimate of drug-likeness (QED) is 0.273. The van der Waals surface area contributed by atoms with Gasteiger partial charge in [0.05, 0.1) is 22.7 Å². The average molecular weight is 491 g/mol. The Hall–Kier alpha value is -4.64. The molecule has 3 aromatic carbocycles. The second kappa shape index (κ2) is 9.92. The molecule has 1 N–H and O–H groups in total. The van der Waals surface area contributed by atoms with Crippen LogP contribution in [-0.4, -0.2) is 76.4 Å². The number of fused-ring (bicyclic) bond motifs is 2. The van der Waals surface area contributed by atoms with Crippen molar-refractivity contribution in [3.05, 3.63) is 87.5 Å². The summed E-state index contributed by atoms with van der Waals surface area (Å²) in [6, 6.07) is 13.5. The molecular formula is C25H21N3O8. The van der Waals surface area contributed by atoms with E-state index >= 15 is 0 Å². The first-order chi connectivity index (χ1) is 17.2.